The lowest BCUT2D eigenvalue weighted by Crippen LogP contribution is -2.20. The summed E-state index contributed by atoms with van der Waals surface area (Å²) < 4.78 is 9.88. The third-order valence-corrected chi connectivity index (χ3v) is 3.90. The number of benzene rings is 1. The average molecular weight is 360 g/mol. The molecule has 1 aromatic heterocycles. The molecule has 0 fully saturated rings. The summed E-state index contributed by atoms with van der Waals surface area (Å²) in [6, 6.07) is 10.3. The first-order valence-corrected chi connectivity index (χ1v) is 8.21. The van der Waals surface area contributed by atoms with Crippen molar-refractivity contribution < 1.29 is 23.5 Å². The molecule has 0 aliphatic rings. The first-order chi connectivity index (χ1) is 12.0. The molecule has 7 nitrogen and oxygen atoms in total. The number of amides is 2. The number of carbonyl (C=O) groups is 3. The zero-order valence-electron chi connectivity index (χ0n) is 13.1. The second-order valence-electron chi connectivity index (χ2n) is 4.76. The summed E-state index contributed by atoms with van der Waals surface area (Å²) in [5.74, 6) is -1.01. The molecule has 2 aromatic rings. The van der Waals surface area contributed by atoms with Crippen LogP contribution in [-0.2, 0) is 19.1 Å². The van der Waals surface area contributed by atoms with E-state index in [9.17, 15) is 14.4 Å². The van der Waals surface area contributed by atoms with Crippen molar-refractivity contribution in [1.29, 1.82) is 0 Å². The van der Waals surface area contributed by atoms with Crippen LogP contribution in [0.4, 0.5) is 5.69 Å². The molecule has 25 heavy (non-hydrogen) atoms. The summed E-state index contributed by atoms with van der Waals surface area (Å²) in [5.41, 5.74) is 5.63. The van der Waals surface area contributed by atoms with Crippen LogP contribution in [-0.4, -0.2) is 30.1 Å². The number of carbonyl (C=O) groups excluding carboxylic acids is 3. The van der Waals surface area contributed by atoms with E-state index in [0.29, 0.717) is 16.3 Å². The van der Waals surface area contributed by atoms with Crippen LogP contribution in [0.2, 0.25) is 0 Å². The zero-order valence-corrected chi connectivity index (χ0v) is 14.0. The lowest BCUT2D eigenvalue weighted by molar-refractivity contribution is -0.142. The van der Waals surface area contributed by atoms with E-state index in [4.69, 9.17) is 14.9 Å². The summed E-state index contributed by atoms with van der Waals surface area (Å²) in [4.78, 5) is 35.0. The van der Waals surface area contributed by atoms with Crippen molar-refractivity contribution in [2.75, 3.05) is 17.7 Å². The molecule has 3 N–H and O–H groups in total. The normalized spacial score (nSPS) is 10.6. The quantitative estimate of drug-likeness (QED) is 0.423. The van der Waals surface area contributed by atoms with E-state index in [1.807, 2.05) is 0 Å². The number of ether oxygens (including phenoxy) is 1. The molecule has 0 atom stereocenters. The van der Waals surface area contributed by atoms with Crippen molar-refractivity contribution in [2.24, 2.45) is 5.73 Å². The molecule has 2 rings (SSSR count). The largest absolute Gasteiger partial charge is 0.465 e. The fourth-order valence-corrected chi connectivity index (χ4v) is 2.50. The number of hydrogen-bond donors (Lipinski definition) is 2. The lowest BCUT2D eigenvalue weighted by Gasteiger charge is -2.10. The Hall–Kier alpha value is -3.00. The molecule has 0 bridgehead atoms. The molecule has 0 unspecified atom stereocenters. The molecular weight excluding hydrogens is 344 g/mol. The maximum absolute atomic E-state index is 11.9. The van der Waals surface area contributed by atoms with Gasteiger partial charge in [0.2, 0.25) is 5.91 Å². The molecule has 1 heterocycles. The minimum atomic E-state index is -0.664. The molecule has 0 aliphatic heterocycles. The van der Waals surface area contributed by atoms with Gasteiger partial charge in [-0.15, -0.1) is 11.8 Å². The van der Waals surface area contributed by atoms with Gasteiger partial charge in [-0.3, -0.25) is 9.59 Å². The van der Waals surface area contributed by atoms with Gasteiger partial charge in [0.1, 0.15) is 5.76 Å². The van der Waals surface area contributed by atoms with Crippen molar-refractivity contribution in [2.45, 2.75) is 4.90 Å². The van der Waals surface area contributed by atoms with Gasteiger partial charge in [0.15, 0.2) is 6.61 Å². The third-order valence-electron chi connectivity index (χ3n) is 2.80. The van der Waals surface area contributed by atoms with Gasteiger partial charge in [-0.2, -0.15) is 0 Å². The minimum absolute atomic E-state index is 0.0967. The zero-order chi connectivity index (χ0) is 18.1. The van der Waals surface area contributed by atoms with Crippen LogP contribution >= 0.6 is 11.8 Å². The molecule has 0 radical (unpaired) electrons. The third kappa shape index (κ3) is 6.56. The van der Waals surface area contributed by atoms with Crippen molar-refractivity contribution in [3.63, 3.8) is 0 Å². The molecular formula is C17H16N2O5S. The van der Waals surface area contributed by atoms with Crippen LogP contribution in [0.25, 0.3) is 6.08 Å². The summed E-state index contributed by atoms with van der Waals surface area (Å²) in [7, 11) is 0. The molecule has 1 aromatic carbocycles. The van der Waals surface area contributed by atoms with E-state index in [1.54, 1.807) is 36.4 Å². The van der Waals surface area contributed by atoms with Gasteiger partial charge in [-0.1, -0.05) is 12.1 Å². The van der Waals surface area contributed by atoms with Gasteiger partial charge >= 0.3 is 5.97 Å². The van der Waals surface area contributed by atoms with Crippen LogP contribution in [0.15, 0.2) is 58.1 Å². The standard InChI is InChI=1S/C17H16N2O5S/c18-15(20)11-25-14-6-2-1-5-13(14)19-16(21)10-24-17(22)8-7-12-4-3-9-23-12/h1-9H,10-11H2,(H2,18,20)(H,19,21)/b8-7+. The predicted octanol–water partition coefficient (Wildman–Crippen LogP) is 2.05. The summed E-state index contributed by atoms with van der Waals surface area (Å²) in [5, 5.41) is 2.63. The van der Waals surface area contributed by atoms with Gasteiger partial charge in [-0.25, -0.2) is 4.79 Å². The molecule has 130 valence electrons. The minimum Gasteiger partial charge on any atom is -0.465 e. The number of thioether (sulfide) groups is 1. The number of esters is 1. The van der Waals surface area contributed by atoms with E-state index in [1.165, 1.54) is 30.2 Å². The number of rotatable bonds is 8. The highest BCUT2D eigenvalue weighted by molar-refractivity contribution is 8.00. The van der Waals surface area contributed by atoms with Gasteiger partial charge in [-0.05, 0) is 30.3 Å². The Balaban J connectivity index is 1.84. The molecule has 0 saturated heterocycles. The number of nitrogens with two attached hydrogens (primary N) is 1. The van der Waals surface area contributed by atoms with Crippen LogP contribution in [0.5, 0.6) is 0 Å². The van der Waals surface area contributed by atoms with Crippen LogP contribution in [0.3, 0.4) is 0 Å². The van der Waals surface area contributed by atoms with E-state index in [2.05, 4.69) is 5.32 Å². The first-order valence-electron chi connectivity index (χ1n) is 7.23. The van der Waals surface area contributed by atoms with Gasteiger partial charge in [0, 0.05) is 11.0 Å². The molecule has 2 amide bonds. The van der Waals surface area contributed by atoms with Gasteiger partial charge in [0.25, 0.3) is 5.91 Å². The maximum atomic E-state index is 11.9. The Morgan fingerprint density at radius 2 is 2.00 bits per heavy atom. The SMILES string of the molecule is NC(=O)CSc1ccccc1NC(=O)COC(=O)/C=C/c1ccco1. The monoisotopic (exact) mass is 360 g/mol. The number of hydrogen-bond acceptors (Lipinski definition) is 6. The summed E-state index contributed by atoms with van der Waals surface area (Å²) in [6.45, 7) is -0.434. The fraction of sp³-hybridized carbons (Fsp3) is 0.118. The Kier molecular flexibility index (Phi) is 6.85. The Labute approximate surface area is 148 Å². The number of furan rings is 1. The summed E-state index contributed by atoms with van der Waals surface area (Å²) >= 11 is 1.21. The topological polar surface area (TPSA) is 112 Å². The van der Waals surface area contributed by atoms with E-state index in [-0.39, 0.29) is 5.75 Å². The summed E-state index contributed by atoms with van der Waals surface area (Å²) in [6.07, 6.45) is 4.09. The highest BCUT2D eigenvalue weighted by atomic mass is 32.2. The van der Waals surface area contributed by atoms with Crippen LogP contribution < -0.4 is 11.1 Å². The molecule has 8 heteroatoms. The Morgan fingerprint density at radius 3 is 2.72 bits per heavy atom. The first kappa shape index (κ1) is 18.3. The predicted molar refractivity (Wildman–Crippen MR) is 93.7 cm³/mol. The maximum Gasteiger partial charge on any atom is 0.331 e. The highest BCUT2D eigenvalue weighted by Gasteiger charge is 2.10. The number of para-hydroxylation sites is 1. The smallest absolute Gasteiger partial charge is 0.331 e. The number of anilines is 1. The molecule has 0 saturated carbocycles. The fourth-order valence-electron chi connectivity index (χ4n) is 1.75. The number of primary amides is 1. The van der Waals surface area contributed by atoms with Crippen LogP contribution in [0, 0.1) is 0 Å². The lowest BCUT2D eigenvalue weighted by atomic mass is 10.3. The van der Waals surface area contributed by atoms with Crippen molar-refractivity contribution in [3.8, 4) is 0 Å². The Bertz CT molecular complexity index is 771. The van der Waals surface area contributed by atoms with E-state index >= 15 is 0 Å². The highest BCUT2D eigenvalue weighted by Crippen LogP contribution is 2.26. The average Bonchev–Trinajstić information content (AvgIpc) is 3.11. The second-order valence-corrected chi connectivity index (χ2v) is 5.77. The Morgan fingerprint density at radius 1 is 1.20 bits per heavy atom. The van der Waals surface area contributed by atoms with Gasteiger partial charge in [0.05, 0.1) is 17.7 Å². The van der Waals surface area contributed by atoms with Gasteiger partial charge < -0.3 is 20.2 Å². The van der Waals surface area contributed by atoms with Crippen molar-refractivity contribution in [1.82, 2.24) is 0 Å². The van der Waals surface area contributed by atoms with Crippen molar-refractivity contribution in [3.05, 3.63) is 54.5 Å². The second kappa shape index (κ2) is 9.33. The van der Waals surface area contributed by atoms with E-state index in [0.717, 1.165) is 0 Å². The van der Waals surface area contributed by atoms with Crippen LogP contribution in [0.1, 0.15) is 5.76 Å². The molecule has 0 aliphatic carbocycles. The number of nitrogens with one attached hydrogen (secondary N) is 1. The van der Waals surface area contributed by atoms with E-state index < -0.39 is 24.4 Å². The van der Waals surface area contributed by atoms with Crippen molar-refractivity contribution >= 4 is 41.3 Å². The molecule has 0 spiro atoms.